The molecule has 5 heteroatoms. The minimum absolute atomic E-state index is 0.291. The predicted octanol–water partition coefficient (Wildman–Crippen LogP) is 0.712. The van der Waals surface area contributed by atoms with Crippen LogP contribution in [0.4, 0.5) is 0 Å². The molecule has 2 atom stereocenters. The van der Waals surface area contributed by atoms with Crippen molar-refractivity contribution in [1.82, 2.24) is 15.5 Å². The van der Waals surface area contributed by atoms with Crippen LogP contribution in [0, 0.1) is 11.8 Å². The molecular formula is C10H17N3O2. The van der Waals surface area contributed by atoms with Crippen LogP contribution in [-0.4, -0.2) is 23.2 Å². The number of nitrogens with zero attached hydrogens (tertiary/aromatic N) is 1. The number of rotatable bonds is 3. The second-order valence-electron chi connectivity index (χ2n) is 4.63. The molecule has 0 bridgehead atoms. The normalized spacial score (nSPS) is 26.3. The van der Waals surface area contributed by atoms with E-state index in [9.17, 15) is 4.79 Å². The maximum absolute atomic E-state index is 10.9. The van der Waals surface area contributed by atoms with Crippen molar-refractivity contribution in [2.45, 2.75) is 26.2 Å². The van der Waals surface area contributed by atoms with Crippen molar-refractivity contribution >= 4 is 0 Å². The first kappa shape index (κ1) is 10.4. The SMILES string of the molecule is CC(C)C[C@@H]1CNC[C@H]1c1noc(=O)[nH]1. The molecule has 1 aliphatic heterocycles. The average Bonchev–Trinajstić information content (AvgIpc) is 2.72. The van der Waals surface area contributed by atoms with Gasteiger partial charge in [0.1, 0.15) is 0 Å². The summed E-state index contributed by atoms with van der Waals surface area (Å²) in [4.78, 5) is 13.5. The Morgan fingerprint density at radius 3 is 2.93 bits per heavy atom. The van der Waals surface area contributed by atoms with Crippen molar-refractivity contribution in [3.63, 3.8) is 0 Å². The van der Waals surface area contributed by atoms with Crippen LogP contribution >= 0.6 is 0 Å². The van der Waals surface area contributed by atoms with E-state index in [1.165, 1.54) is 0 Å². The van der Waals surface area contributed by atoms with Crippen LogP contribution in [0.1, 0.15) is 32.0 Å². The minimum atomic E-state index is -0.458. The van der Waals surface area contributed by atoms with Crippen LogP contribution in [0.2, 0.25) is 0 Å². The zero-order valence-electron chi connectivity index (χ0n) is 9.12. The number of hydrogen-bond acceptors (Lipinski definition) is 4. The monoisotopic (exact) mass is 211 g/mol. The van der Waals surface area contributed by atoms with Gasteiger partial charge in [0.05, 0.1) is 0 Å². The molecular weight excluding hydrogens is 194 g/mol. The highest BCUT2D eigenvalue weighted by atomic mass is 16.5. The fraction of sp³-hybridized carbons (Fsp3) is 0.800. The summed E-state index contributed by atoms with van der Waals surface area (Å²) in [6.07, 6.45) is 1.15. The lowest BCUT2D eigenvalue weighted by molar-refractivity contribution is 0.358. The summed E-state index contributed by atoms with van der Waals surface area (Å²) >= 11 is 0. The summed E-state index contributed by atoms with van der Waals surface area (Å²) in [5.41, 5.74) is 0. The molecule has 1 aliphatic rings. The van der Waals surface area contributed by atoms with Crippen molar-refractivity contribution in [2.24, 2.45) is 11.8 Å². The van der Waals surface area contributed by atoms with Crippen LogP contribution < -0.4 is 11.1 Å². The Morgan fingerprint density at radius 1 is 1.53 bits per heavy atom. The third kappa shape index (κ3) is 2.28. The second kappa shape index (κ2) is 4.18. The molecule has 0 aromatic carbocycles. The van der Waals surface area contributed by atoms with Gasteiger partial charge in [-0.3, -0.25) is 9.51 Å². The summed E-state index contributed by atoms with van der Waals surface area (Å²) in [6.45, 7) is 6.29. The fourth-order valence-electron chi connectivity index (χ4n) is 2.31. The van der Waals surface area contributed by atoms with Gasteiger partial charge in [-0.1, -0.05) is 19.0 Å². The smallest absolute Gasteiger partial charge is 0.316 e. The molecule has 0 amide bonds. The van der Waals surface area contributed by atoms with Crippen molar-refractivity contribution in [3.8, 4) is 0 Å². The van der Waals surface area contributed by atoms with Crippen LogP contribution in [0.3, 0.4) is 0 Å². The summed E-state index contributed by atoms with van der Waals surface area (Å²) in [5.74, 6) is 1.73. The standard InChI is InChI=1S/C10H17N3O2/c1-6(2)3-7-4-11-5-8(7)9-12-10(14)15-13-9/h6-8,11H,3-5H2,1-2H3,(H,12,13,14)/t7-,8-/m1/s1. The molecule has 1 fully saturated rings. The van der Waals surface area contributed by atoms with Crippen molar-refractivity contribution in [1.29, 1.82) is 0 Å². The third-order valence-corrected chi connectivity index (χ3v) is 2.92. The Morgan fingerprint density at radius 2 is 2.33 bits per heavy atom. The van der Waals surface area contributed by atoms with Crippen molar-refractivity contribution < 1.29 is 4.52 Å². The lowest BCUT2D eigenvalue weighted by atomic mass is 9.88. The highest BCUT2D eigenvalue weighted by molar-refractivity contribution is 5.01. The van der Waals surface area contributed by atoms with Gasteiger partial charge in [-0.15, -0.1) is 0 Å². The van der Waals surface area contributed by atoms with Crippen LogP contribution in [0.25, 0.3) is 0 Å². The molecule has 0 saturated carbocycles. The van der Waals surface area contributed by atoms with Crippen molar-refractivity contribution in [2.75, 3.05) is 13.1 Å². The zero-order chi connectivity index (χ0) is 10.8. The Bertz CT molecular complexity index is 369. The van der Waals surface area contributed by atoms with Crippen LogP contribution in [0.5, 0.6) is 0 Å². The maximum Gasteiger partial charge on any atom is 0.438 e. The Labute approximate surface area is 88.2 Å². The summed E-state index contributed by atoms with van der Waals surface area (Å²) in [7, 11) is 0. The first-order valence-electron chi connectivity index (χ1n) is 5.43. The van der Waals surface area contributed by atoms with Gasteiger partial charge in [-0.25, -0.2) is 4.79 Å². The van der Waals surface area contributed by atoms with Gasteiger partial charge >= 0.3 is 5.76 Å². The fourth-order valence-corrected chi connectivity index (χ4v) is 2.31. The average molecular weight is 211 g/mol. The molecule has 1 aromatic heterocycles. The summed E-state index contributed by atoms with van der Waals surface area (Å²) < 4.78 is 4.54. The molecule has 1 aromatic rings. The van der Waals surface area contributed by atoms with E-state index in [2.05, 4.69) is 33.8 Å². The van der Waals surface area contributed by atoms with E-state index >= 15 is 0 Å². The van der Waals surface area contributed by atoms with E-state index < -0.39 is 5.76 Å². The number of H-pyrrole nitrogens is 1. The number of hydrogen-bond donors (Lipinski definition) is 2. The van der Waals surface area contributed by atoms with E-state index in [0.717, 1.165) is 19.5 Å². The molecule has 0 aliphatic carbocycles. The van der Waals surface area contributed by atoms with E-state index in [1.807, 2.05) is 0 Å². The molecule has 84 valence electrons. The largest absolute Gasteiger partial charge is 0.438 e. The van der Waals surface area contributed by atoms with Gasteiger partial charge < -0.3 is 5.32 Å². The number of aromatic nitrogens is 2. The Balaban J connectivity index is 2.11. The van der Waals surface area contributed by atoms with E-state index in [0.29, 0.717) is 23.6 Å². The van der Waals surface area contributed by atoms with E-state index in [-0.39, 0.29) is 0 Å². The molecule has 0 unspecified atom stereocenters. The number of nitrogens with one attached hydrogen (secondary N) is 2. The minimum Gasteiger partial charge on any atom is -0.316 e. The van der Waals surface area contributed by atoms with Crippen LogP contribution in [-0.2, 0) is 0 Å². The first-order valence-corrected chi connectivity index (χ1v) is 5.43. The van der Waals surface area contributed by atoms with Crippen LogP contribution in [0.15, 0.2) is 9.32 Å². The summed E-state index contributed by atoms with van der Waals surface area (Å²) in [5, 5.41) is 7.10. The maximum atomic E-state index is 10.9. The van der Waals surface area contributed by atoms with Gasteiger partial charge in [-0.05, 0) is 24.8 Å². The van der Waals surface area contributed by atoms with Gasteiger partial charge in [0.2, 0.25) is 0 Å². The lowest BCUT2D eigenvalue weighted by Crippen LogP contribution is -2.15. The Kier molecular flexibility index (Phi) is 2.90. The first-order chi connectivity index (χ1) is 7.16. The molecule has 1 saturated heterocycles. The molecule has 2 N–H and O–H groups in total. The lowest BCUT2D eigenvalue weighted by Gasteiger charge is -2.17. The van der Waals surface area contributed by atoms with Gasteiger partial charge in [0.15, 0.2) is 5.82 Å². The van der Waals surface area contributed by atoms with Crippen molar-refractivity contribution in [3.05, 3.63) is 16.4 Å². The Hall–Kier alpha value is -1.10. The second-order valence-corrected chi connectivity index (χ2v) is 4.63. The topological polar surface area (TPSA) is 70.9 Å². The summed E-state index contributed by atoms with van der Waals surface area (Å²) in [6, 6.07) is 0. The molecule has 15 heavy (non-hydrogen) atoms. The van der Waals surface area contributed by atoms with Gasteiger partial charge in [0.25, 0.3) is 0 Å². The quantitative estimate of drug-likeness (QED) is 0.772. The van der Waals surface area contributed by atoms with Gasteiger partial charge in [0, 0.05) is 12.5 Å². The number of aromatic amines is 1. The molecule has 2 heterocycles. The molecule has 0 spiro atoms. The molecule has 5 nitrogen and oxygen atoms in total. The van der Waals surface area contributed by atoms with E-state index in [1.54, 1.807) is 0 Å². The third-order valence-electron chi connectivity index (χ3n) is 2.92. The van der Waals surface area contributed by atoms with Gasteiger partial charge in [-0.2, -0.15) is 0 Å². The molecule has 2 rings (SSSR count). The predicted molar refractivity (Wildman–Crippen MR) is 55.7 cm³/mol. The highest BCUT2D eigenvalue weighted by Crippen LogP contribution is 2.29. The van der Waals surface area contributed by atoms with E-state index in [4.69, 9.17) is 0 Å². The zero-order valence-corrected chi connectivity index (χ0v) is 9.12. The molecule has 0 radical (unpaired) electrons. The highest BCUT2D eigenvalue weighted by Gasteiger charge is 2.31.